The molecule has 3 aliphatic heterocycles. The van der Waals surface area contributed by atoms with E-state index in [4.69, 9.17) is 9.47 Å². The lowest BCUT2D eigenvalue weighted by atomic mass is 9.72. The van der Waals surface area contributed by atoms with Crippen LogP contribution in [0.5, 0.6) is 11.5 Å². The first kappa shape index (κ1) is 32.5. The highest BCUT2D eigenvalue weighted by Gasteiger charge is 2.46. The average Bonchev–Trinajstić information content (AvgIpc) is 2.97. The zero-order valence-corrected chi connectivity index (χ0v) is 27.1. The maximum absolute atomic E-state index is 14.3. The van der Waals surface area contributed by atoms with Crippen LogP contribution in [0.2, 0.25) is 0 Å². The number of benzene rings is 1. The summed E-state index contributed by atoms with van der Waals surface area (Å²) in [5.74, 6) is 0.946. The van der Waals surface area contributed by atoms with E-state index >= 15 is 0 Å². The molecule has 1 aromatic heterocycles. The number of hydrogen-bond donors (Lipinski definition) is 1. The van der Waals surface area contributed by atoms with Crippen LogP contribution in [-0.2, 0) is 14.8 Å². The second kappa shape index (κ2) is 13.2. The van der Waals surface area contributed by atoms with E-state index in [9.17, 15) is 17.6 Å². The summed E-state index contributed by atoms with van der Waals surface area (Å²) in [6.07, 6.45) is 3.87. The molecule has 0 aliphatic carbocycles. The van der Waals surface area contributed by atoms with Crippen molar-refractivity contribution in [2.75, 3.05) is 51.3 Å². The summed E-state index contributed by atoms with van der Waals surface area (Å²) in [4.78, 5) is 27.6. The van der Waals surface area contributed by atoms with Crippen molar-refractivity contribution >= 4 is 21.7 Å². The molecular weight excluding hydrogens is 587 g/mol. The van der Waals surface area contributed by atoms with E-state index in [-0.39, 0.29) is 36.1 Å². The third-order valence-electron chi connectivity index (χ3n) is 9.17. The summed E-state index contributed by atoms with van der Waals surface area (Å²) in [5, 5.41) is -0.487. The zero-order valence-electron chi connectivity index (χ0n) is 26.3. The summed E-state index contributed by atoms with van der Waals surface area (Å²) in [6, 6.07) is 7.11. The van der Waals surface area contributed by atoms with Gasteiger partial charge in [-0.3, -0.25) is 4.79 Å². The monoisotopic (exact) mass is 632 g/mol. The number of para-hydroxylation sites is 1. The minimum atomic E-state index is -3.31. The topological polar surface area (TPSA) is 117 Å². The smallest absolute Gasteiger partial charge is 0.310 e. The Bertz CT molecular complexity index is 1410. The van der Waals surface area contributed by atoms with Gasteiger partial charge in [0, 0.05) is 37.1 Å². The van der Waals surface area contributed by atoms with E-state index in [0.29, 0.717) is 29.3 Å². The van der Waals surface area contributed by atoms with Gasteiger partial charge in [0.15, 0.2) is 11.6 Å². The lowest BCUT2D eigenvalue weighted by Gasteiger charge is -2.54. The van der Waals surface area contributed by atoms with Gasteiger partial charge in [0.25, 0.3) is 5.91 Å². The standard InChI is InChI=1S/C31H45FN6O5S/c1-21(2)38(22(3)4)29(39)25-8-6-7-9-26(25)43-27-16-34-30(32)35-28(27)37-19-31(20-37)12-14-36(15-13-31)17-23-10-11-24(18-42-23)44(40,41)33-5/h6-9,16,21-24,33H,10-15,17-20H2,1-5H3/t23-,24+/m0/s1. The predicted molar refractivity (Wildman–Crippen MR) is 166 cm³/mol. The number of halogens is 1. The van der Waals surface area contributed by atoms with Crippen LogP contribution < -0.4 is 14.4 Å². The summed E-state index contributed by atoms with van der Waals surface area (Å²) >= 11 is 0. The minimum absolute atomic E-state index is 0.00804. The zero-order chi connectivity index (χ0) is 31.6. The Morgan fingerprint density at radius 2 is 1.82 bits per heavy atom. The molecule has 4 heterocycles. The highest BCUT2D eigenvalue weighted by atomic mass is 32.2. The van der Waals surface area contributed by atoms with E-state index in [0.717, 1.165) is 52.0 Å². The van der Waals surface area contributed by atoms with Crippen molar-refractivity contribution in [1.82, 2.24) is 24.5 Å². The van der Waals surface area contributed by atoms with Crippen molar-refractivity contribution < 1.29 is 27.1 Å². The molecule has 3 aliphatic rings. The Balaban J connectivity index is 1.20. The number of amides is 1. The predicted octanol–water partition coefficient (Wildman–Crippen LogP) is 3.67. The third kappa shape index (κ3) is 7.00. The van der Waals surface area contributed by atoms with Crippen LogP contribution >= 0.6 is 0 Å². The fourth-order valence-electron chi connectivity index (χ4n) is 6.76. The molecule has 3 saturated heterocycles. The second-order valence-electron chi connectivity index (χ2n) is 12.9. The highest BCUT2D eigenvalue weighted by Crippen LogP contribution is 2.45. The van der Waals surface area contributed by atoms with Gasteiger partial charge in [0.05, 0.1) is 29.7 Å². The number of carbonyl (C=O) groups is 1. The second-order valence-corrected chi connectivity index (χ2v) is 15.1. The molecule has 5 rings (SSSR count). The Morgan fingerprint density at radius 3 is 2.43 bits per heavy atom. The van der Waals surface area contributed by atoms with Gasteiger partial charge in [-0.2, -0.15) is 9.37 Å². The molecule has 0 unspecified atom stereocenters. The molecule has 11 nitrogen and oxygen atoms in total. The summed E-state index contributed by atoms with van der Waals surface area (Å²) in [7, 11) is -1.87. The van der Waals surface area contributed by atoms with E-state index in [1.54, 1.807) is 29.2 Å². The number of ether oxygens (including phenoxy) is 2. The van der Waals surface area contributed by atoms with Gasteiger partial charge >= 0.3 is 6.08 Å². The van der Waals surface area contributed by atoms with Gasteiger partial charge in [-0.25, -0.2) is 18.1 Å². The summed E-state index contributed by atoms with van der Waals surface area (Å²) < 4.78 is 53.0. The largest absolute Gasteiger partial charge is 0.451 e. The van der Waals surface area contributed by atoms with Gasteiger partial charge in [-0.05, 0) is 85.6 Å². The number of piperidine rings is 1. The Morgan fingerprint density at radius 1 is 1.14 bits per heavy atom. The van der Waals surface area contributed by atoms with Crippen molar-refractivity contribution in [3.63, 3.8) is 0 Å². The number of nitrogens with zero attached hydrogens (tertiary/aromatic N) is 5. The quantitative estimate of drug-likeness (QED) is 0.392. The van der Waals surface area contributed by atoms with E-state index in [2.05, 4.69) is 19.6 Å². The van der Waals surface area contributed by atoms with E-state index < -0.39 is 21.4 Å². The van der Waals surface area contributed by atoms with Crippen LogP contribution in [0.25, 0.3) is 0 Å². The molecule has 3 fully saturated rings. The lowest BCUT2D eigenvalue weighted by molar-refractivity contribution is -0.0194. The van der Waals surface area contributed by atoms with E-state index in [1.165, 1.54) is 13.2 Å². The molecule has 44 heavy (non-hydrogen) atoms. The Hall–Kier alpha value is -2.87. The first-order chi connectivity index (χ1) is 20.9. The van der Waals surface area contributed by atoms with Crippen molar-refractivity contribution in [2.24, 2.45) is 5.41 Å². The van der Waals surface area contributed by atoms with Crippen molar-refractivity contribution in [1.29, 1.82) is 0 Å². The Kier molecular flexibility index (Phi) is 9.78. The maximum atomic E-state index is 14.3. The molecule has 242 valence electrons. The van der Waals surface area contributed by atoms with Gasteiger partial charge in [-0.15, -0.1) is 0 Å². The average molecular weight is 633 g/mol. The van der Waals surface area contributed by atoms with E-state index in [1.807, 2.05) is 32.6 Å². The Labute approximate surface area is 260 Å². The molecule has 0 bridgehead atoms. The summed E-state index contributed by atoms with van der Waals surface area (Å²) in [5.41, 5.74) is 0.538. The molecule has 1 N–H and O–H groups in total. The van der Waals surface area contributed by atoms with Crippen LogP contribution in [-0.4, -0.2) is 104 Å². The number of sulfonamides is 1. The molecule has 13 heteroatoms. The number of hydrogen-bond acceptors (Lipinski definition) is 9. The SMILES string of the molecule is CNS(=O)(=O)[C@@H]1CC[C@@H](CN2CCC3(CC2)CN(c2nc(F)ncc2Oc2ccccc2C(=O)N(C(C)C)C(C)C)C3)OC1. The van der Waals surface area contributed by atoms with Gasteiger partial charge in [0.1, 0.15) is 5.75 Å². The molecule has 1 aromatic carbocycles. The number of likely N-dealkylation sites (tertiary alicyclic amines) is 1. The van der Waals surface area contributed by atoms with Gasteiger partial charge in [-0.1, -0.05) is 12.1 Å². The van der Waals surface area contributed by atoms with Crippen LogP contribution in [0.15, 0.2) is 30.5 Å². The summed E-state index contributed by atoms with van der Waals surface area (Å²) in [6.45, 7) is 12.3. The number of rotatable bonds is 10. The van der Waals surface area contributed by atoms with Crippen LogP contribution in [0.4, 0.5) is 10.2 Å². The van der Waals surface area contributed by atoms with Crippen LogP contribution in [0.1, 0.15) is 63.7 Å². The van der Waals surface area contributed by atoms with Crippen molar-refractivity contribution in [3.05, 3.63) is 42.1 Å². The number of nitrogens with one attached hydrogen (secondary N) is 1. The first-order valence-electron chi connectivity index (χ1n) is 15.5. The van der Waals surface area contributed by atoms with Crippen LogP contribution in [0, 0.1) is 11.5 Å². The number of anilines is 1. The van der Waals surface area contributed by atoms with Crippen molar-refractivity contribution in [3.8, 4) is 11.5 Å². The highest BCUT2D eigenvalue weighted by molar-refractivity contribution is 7.90. The lowest BCUT2D eigenvalue weighted by Crippen LogP contribution is -2.61. The molecule has 2 aromatic rings. The molecular formula is C31H45FN6O5S. The van der Waals surface area contributed by atoms with Crippen molar-refractivity contribution in [2.45, 2.75) is 76.8 Å². The molecule has 0 saturated carbocycles. The van der Waals surface area contributed by atoms with Gasteiger partial charge in [0.2, 0.25) is 10.0 Å². The number of aromatic nitrogens is 2. The fourth-order valence-corrected chi connectivity index (χ4v) is 7.80. The molecule has 1 spiro atoms. The number of carbonyl (C=O) groups excluding carboxylic acids is 1. The third-order valence-corrected chi connectivity index (χ3v) is 11.0. The molecule has 2 atom stereocenters. The molecule has 0 radical (unpaired) electrons. The van der Waals surface area contributed by atoms with Gasteiger partial charge < -0.3 is 24.2 Å². The molecule has 1 amide bonds. The minimum Gasteiger partial charge on any atom is -0.451 e. The normalized spacial score (nSPS) is 22.3. The fraction of sp³-hybridized carbons (Fsp3) is 0.645. The first-order valence-corrected chi connectivity index (χ1v) is 17.1. The van der Waals surface area contributed by atoms with Crippen LogP contribution in [0.3, 0.4) is 0 Å². The maximum Gasteiger partial charge on any atom is 0.310 e.